The lowest BCUT2D eigenvalue weighted by molar-refractivity contribution is -0.118. The Morgan fingerprint density at radius 2 is 1.88 bits per heavy atom. The minimum Gasteiger partial charge on any atom is -0.325 e. The van der Waals surface area contributed by atoms with E-state index in [1.807, 2.05) is 13.8 Å². The molecule has 1 aromatic carbocycles. The van der Waals surface area contributed by atoms with Crippen molar-refractivity contribution < 1.29 is 17.6 Å². The van der Waals surface area contributed by atoms with Crippen molar-refractivity contribution in [2.75, 3.05) is 5.32 Å². The number of rotatable bonds is 6. The van der Waals surface area contributed by atoms with E-state index in [-0.39, 0.29) is 24.0 Å². The Morgan fingerprint density at radius 3 is 2.36 bits per heavy atom. The van der Waals surface area contributed by atoms with E-state index in [2.05, 4.69) is 10.0 Å². The Hall–Kier alpha value is -1.22. The highest BCUT2D eigenvalue weighted by Gasteiger charge is 2.26. The molecule has 1 amide bonds. The molecule has 0 aliphatic carbocycles. The third-order valence-electron chi connectivity index (χ3n) is 3.49. The first kappa shape index (κ1) is 23.8. The Balaban J connectivity index is 0.00000576. The van der Waals surface area contributed by atoms with Crippen LogP contribution in [0.5, 0.6) is 0 Å². The summed E-state index contributed by atoms with van der Waals surface area (Å²) in [6.45, 7) is 8.72. The third-order valence-corrected chi connectivity index (χ3v) is 5.26. The van der Waals surface area contributed by atoms with Gasteiger partial charge in [0.25, 0.3) is 0 Å². The number of halogens is 2. The molecule has 1 rings (SSSR count). The number of carbonyl (C=O) groups excluding carboxylic acids is 1. The molecule has 1 aromatic rings. The normalized spacial score (nSPS) is 14.4. The maximum atomic E-state index is 14.0. The van der Waals surface area contributed by atoms with Gasteiger partial charge in [0.2, 0.25) is 15.9 Å². The van der Waals surface area contributed by atoms with Gasteiger partial charge in [-0.1, -0.05) is 20.3 Å². The highest BCUT2D eigenvalue weighted by molar-refractivity contribution is 7.89. The minimum atomic E-state index is -4.06. The van der Waals surface area contributed by atoms with Gasteiger partial charge in [0, 0.05) is 11.2 Å². The fourth-order valence-corrected chi connectivity index (χ4v) is 3.51. The molecular formula is C16H27ClFN3O3S. The van der Waals surface area contributed by atoms with E-state index in [0.29, 0.717) is 0 Å². The number of amides is 1. The quantitative estimate of drug-likeness (QED) is 0.689. The van der Waals surface area contributed by atoms with Gasteiger partial charge in [-0.25, -0.2) is 17.5 Å². The number of nitrogens with one attached hydrogen (secondary N) is 2. The highest BCUT2D eigenvalue weighted by Crippen LogP contribution is 2.21. The van der Waals surface area contributed by atoms with Crippen LogP contribution in [0.25, 0.3) is 0 Å². The summed E-state index contributed by atoms with van der Waals surface area (Å²) in [6.07, 6.45) is 0.729. The summed E-state index contributed by atoms with van der Waals surface area (Å²) in [6, 6.07) is 2.66. The zero-order valence-corrected chi connectivity index (χ0v) is 16.7. The monoisotopic (exact) mass is 395 g/mol. The van der Waals surface area contributed by atoms with E-state index in [1.165, 1.54) is 6.07 Å². The molecule has 6 nitrogen and oxygen atoms in total. The van der Waals surface area contributed by atoms with E-state index in [0.717, 1.165) is 18.6 Å². The number of sulfonamides is 1. The van der Waals surface area contributed by atoms with Crippen LogP contribution in [0.2, 0.25) is 0 Å². The van der Waals surface area contributed by atoms with Crippen molar-refractivity contribution in [1.29, 1.82) is 0 Å². The van der Waals surface area contributed by atoms with Crippen LogP contribution < -0.4 is 15.8 Å². The van der Waals surface area contributed by atoms with Gasteiger partial charge in [-0.05, 0) is 44.9 Å². The lowest BCUT2D eigenvalue weighted by Crippen LogP contribution is -2.41. The van der Waals surface area contributed by atoms with Crippen LogP contribution in [0.3, 0.4) is 0 Å². The number of nitrogens with two attached hydrogens (primary N) is 1. The van der Waals surface area contributed by atoms with Crippen molar-refractivity contribution in [3.63, 3.8) is 0 Å². The van der Waals surface area contributed by atoms with Gasteiger partial charge in [-0.15, -0.1) is 12.4 Å². The van der Waals surface area contributed by atoms with Gasteiger partial charge in [-0.2, -0.15) is 0 Å². The first-order chi connectivity index (χ1) is 10.9. The zero-order valence-electron chi connectivity index (χ0n) is 15.1. The number of carbonyl (C=O) groups is 1. The first-order valence-corrected chi connectivity index (χ1v) is 9.25. The Morgan fingerprint density at radius 1 is 1.32 bits per heavy atom. The molecule has 0 saturated carbocycles. The fraction of sp³-hybridized carbons (Fsp3) is 0.562. The maximum Gasteiger partial charge on any atom is 0.244 e. The van der Waals surface area contributed by atoms with Crippen LogP contribution in [-0.4, -0.2) is 25.9 Å². The lowest BCUT2D eigenvalue weighted by Gasteiger charge is -2.21. The van der Waals surface area contributed by atoms with E-state index in [9.17, 15) is 17.6 Å². The fourth-order valence-electron chi connectivity index (χ4n) is 1.98. The van der Waals surface area contributed by atoms with Crippen LogP contribution in [0, 0.1) is 11.7 Å². The van der Waals surface area contributed by atoms with Crippen molar-refractivity contribution in [2.24, 2.45) is 11.7 Å². The van der Waals surface area contributed by atoms with Crippen molar-refractivity contribution in [1.82, 2.24) is 4.72 Å². The second-order valence-electron chi connectivity index (χ2n) is 6.90. The molecule has 0 aliphatic heterocycles. The Labute approximate surface area is 155 Å². The molecule has 0 spiro atoms. The van der Waals surface area contributed by atoms with E-state index in [4.69, 9.17) is 5.73 Å². The Kier molecular flexibility index (Phi) is 8.50. The zero-order chi connectivity index (χ0) is 18.7. The smallest absolute Gasteiger partial charge is 0.244 e. The van der Waals surface area contributed by atoms with Gasteiger partial charge in [0.15, 0.2) is 0 Å². The number of hydrogen-bond donors (Lipinski definition) is 3. The van der Waals surface area contributed by atoms with Crippen LogP contribution in [0.1, 0.15) is 41.0 Å². The Bertz CT molecular complexity index is 705. The molecule has 2 unspecified atom stereocenters. The summed E-state index contributed by atoms with van der Waals surface area (Å²) < 4.78 is 41.0. The molecule has 0 bridgehead atoms. The topological polar surface area (TPSA) is 101 Å². The number of anilines is 1. The van der Waals surface area contributed by atoms with Gasteiger partial charge in [0.05, 0.1) is 6.04 Å². The number of hydrogen-bond acceptors (Lipinski definition) is 4. The molecule has 0 aliphatic rings. The van der Waals surface area contributed by atoms with Crippen molar-refractivity contribution in [2.45, 2.75) is 57.5 Å². The molecule has 144 valence electrons. The predicted octanol–water partition coefficient (Wildman–Crippen LogP) is 2.64. The van der Waals surface area contributed by atoms with E-state index < -0.39 is 38.2 Å². The van der Waals surface area contributed by atoms with Crippen molar-refractivity contribution in [3.8, 4) is 0 Å². The molecule has 0 heterocycles. The summed E-state index contributed by atoms with van der Waals surface area (Å²) in [7, 11) is -4.06. The van der Waals surface area contributed by atoms with Crippen LogP contribution in [0.15, 0.2) is 23.1 Å². The van der Waals surface area contributed by atoms with Gasteiger partial charge in [-0.3, -0.25) is 4.79 Å². The molecule has 25 heavy (non-hydrogen) atoms. The summed E-state index contributed by atoms with van der Waals surface area (Å²) in [5.74, 6) is -1.37. The molecule has 4 N–H and O–H groups in total. The van der Waals surface area contributed by atoms with Crippen LogP contribution in [0.4, 0.5) is 10.1 Å². The van der Waals surface area contributed by atoms with Crippen LogP contribution >= 0.6 is 12.4 Å². The average Bonchev–Trinajstić information content (AvgIpc) is 2.44. The molecule has 2 atom stereocenters. The summed E-state index contributed by atoms with van der Waals surface area (Å²) >= 11 is 0. The second kappa shape index (κ2) is 8.93. The molecule has 0 saturated heterocycles. The predicted molar refractivity (Wildman–Crippen MR) is 99.8 cm³/mol. The van der Waals surface area contributed by atoms with E-state index >= 15 is 0 Å². The van der Waals surface area contributed by atoms with Crippen LogP contribution in [-0.2, 0) is 14.8 Å². The standard InChI is InChI=1S/C16H26FN3O3S.ClH/c1-6-10(2)14(18)15(21)19-11-7-8-12(17)13(9-11)24(22,23)20-16(3,4)5;/h7-10,14,20H,6,18H2,1-5H3,(H,19,21);1H. The summed E-state index contributed by atoms with van der Waals surface area (Å²) in [4.78, 5) is 11.6. The van der Waals surface area contributed by atoms with Gasteiger partial charge >= 0.3 is 0 Å². The minimum absolute atomic E-state index is 0. The maximum absolute atomic E-state index is 14.0. The largest absolute Gasteiger partial charge is 0.325 e. The van der Waals surface area contributed by atoms with Crippen molar-refractivity contribution in [3.05, 3.63) is 24.0 Å². The molecule has 9 heteroatoms. The summed E-state index contributed by atoms with van der Waals surface area (Å²) in [5.41, 5.74) is 5.25. The summed E-state index contributed by atoms with van der Waals surface area (Å²) in [5, 5.41) is 2.54. The molecule has 0 fully saturated rings. The van der Waals surface area contributed by atoms with E-state index in [1.54, 1.807) is 20.8 Å². The SMILES string of the molecule is CCC(C)C(N)C(=O)Nc1ccc(F)c(S(=O)(=O)NC(C)(C)C)c1.Cl. The number of benzene rings is 1. The highest BCUT2D eigenvalue weighted by atomic mass is 35.5. The van der Waals surface area contributed by atoms with Gasteiger partial charge in [0.1, 0.15) is 10.7 Å². The molecule has 0 aromatic heterocycles. The average molecular weight is 396 g/mol. The lowest BCUT2D eigenvalue weighted by atomic mass is 9.99. The van der Waals surface area contributed by atoms with Gasteiger partial charge < -0.3 is 11.1 Å². The molecular weight excluding hydrogens is 369 g/mol. The third kappa shape index (κ3) is 6.89. The first-order valence-electron chi connectivity index (χ1n) is 7.77. The van der Waals surface area contributed by atoms with Crippen molar-refractivity contribution >= 4 is 34.0 Å². The molecule has 0 radical (unpaired) electrons. The second-order valence-corrected chi connectivity index (χ2v) is 8.55.